The molecule has 58 heavy (non-hydrogen) atoms. The fourth-order valence-corrected chi connectivity index (χ4v) is 10.2. The van der Waals surface area contributed by atoms with Crippen molar-refractivity contribution in [3.8, 4) is 44.5 Å². The second-order valence-electron chi connectivity index (χ2n) is 16.6. The van der Waals surface area contributed by atoms with Crippen LogP contribution in [0.1, 0.15) is 48.6 Å². The zero-order chi connectivity index (χ0) is 39.0. The van der Waals surface area contributed by atoms with Crippen LogP contribution in [0.4, 0.5) is 17.1 Å². The number of hydrogen-bond acceptors (Lipinski definition) is 1. The van der Waals surface area contributed by atoms with Crippen molar-refractivity contribution >= 4 is 27.8 Å². The number of hydrogen-bond donors (Lipinski definition) is 0. The molecular weight excluding hydrogens is 699 g/mol. The molecule has 0 bridgehead atoms. The third kappa shape index (κ3) is 5.03. The van der Waals surface area contributed by atoms with Crippen molar-refractivity contribution in [2.75, 3.05) is 4.90 Å². The van der Waals surface area contributed by atoms with Gasteiger partial charge in [0.05, 0.1) is 11.4 Å². The van der Waals surface area contributed by atoms with Crippen LogP contribution in [0.5, 0.6) is 0 Å². The first-order valence-corrected chi connectivity index (χ1v) is 20.4. The first-order chi connectivity index (χ1) is 28.4. The third-order valence-electron chi connectivity index (χ3n) is 13.1. The van der Waals surface area contributed by atoms with Gasteiger partial charge < -0.3 is 4.90 Å². The summed E-state index contributed by atoms with van der Waals surface area (Å²) in [6.45, 7) is 7.20. The van der Waals surface area contributed by atoms with Crippen molar-refractivity contribution < 1.29 is 0 Å². The second kappa shape index (κ2) is 13.0. The van der Waals surface area contributed by atoms with E-state index in [1.54, 1.807) is 0 Å². The molecule has 1 atom stereocenters. The zero-order valence-electron chi connectivity index (χ0n) is 33.1. The van der Waals surface area contributed by atoms with Gasteiger partial charge in [-0.05, 0) is 109 Å². The molecule has 0 spiro atoms. The summed E-state index contributed by atoms with van der Waals surface area (Å²) >= 11 is 0. The number of fused-ring (bicyclic) bond motifs is 8. The van der Waals surface area contributed by atoms with Gasteiger partial charge in [-0.3, -0.25) is 0 Å². The predicted octanol–water partition coefficient (Wildman–Crippen LogP) is 15.3. The third-order valence-corrected chi connectivity index (χ3v) is 13.1. The van der Waals surface area contributed by atoms with E-state index >= 15 is 0 Å². The lowest BCUT2D eigenvalue weighted by Crippen LogP contribution is -2.22. The van der Waals surface area contributed by atoms with Gasteiger partial charge >= 0.3 is 0 Å². The summed E-state index contributed by atoms with van der Waals surface area (Å²) in [4.78, 5) is 2.56. The summed E-state index contributed by atoms with van der Waals surface area (Å²) in [6, 6.07) is 76.5. The molecule has 2 aliphatic carbocycles. The Kier molecular flexibility index (Phi) is 7.72. The zero-order valence-corrected chi connectivity index (χ0v) is 33.1. The van der Waals surface area contributed by atoms with Gasteiger partial charge in [-0.15, -0.1) is 0 Å². The Morgan fingerprint density at radius 3 is 1.81 bits per heavy atom. The first-order valence-electron chi connectivity index (χ1n) is 20.4. The molecule has 1 unspecified atom stereocenters. The highest BCUT2D eigenvalue weighted by Gasteiger charge is 2.43. The number of benzene rings is 9. The molecule has 0 radical (unpaired) electrons. The number of nitrogens with zero attached hydrogens (tertiary/aromatic N) is 1. The van der Waals surface area contributed by atoms with Gasteiger partial charge in [0, 0.05) is 27.6 Å². The highest BCUT2D eigenvalue weighted by Crippen LogP contribution is 2.58. The van der Waals surface area contributed by atoms with Crippen molar-refractivity contribution in [1.29, 1.82) is 0 Å². The van der Waals surface area contributed by atoms with Gasteiger partial charge in [-0.1, -0.05) is 190 Å². The lowest BCUT2D eigenvalue weighted by atomic mass is 9.74. The molecule has 0 saturated carbocycles. The van der Waals surface area contributed by atoms with E-state index < -0.39 is 0 Å². The van der Waals surface area contributed by atoms with Crippen molar-refractivity contribution in [1.82, 2.24) is 0 Å². The SMILES string of the molecule is CC1(C)c2cc(N(c3ccc(-c4ccccc4)cc3-c3ccccc3)c3cccc4c3-c3ccccc3C4(C)c3ccccc3)ccc2-c2c1ccc1ccccc21. The molecule has 0 heterocycles. The fraction of sp³-hybridized carbons (Fsp3) is 0.0877. The molecule has 0 N–H and O–H groups in total. The molecule has 9 aromatic carbocycles. The van der Waals surface area contributed by atoms with Crippen LogP contribution in [0.2, 0.25) is 0 Å². The molecular formula is C57H43N. The minimum Gasteiger partial charge on any atom is -0.309 e. The summed E-state index contributed by atoms with van der Waals surface area (Å²) in [6.07, 6.45) is 0. The van der Waals surface area contributed by atoms with E-state index in [9.17, 15) is 0 Å². The average molecular weight is 742 g/mol. The van der Waals surface area contributed by atoms with Crippen molar-refractivity contribution in [3.63, 3.8) is 0 Å². The van der Waals surface area contributed by atoms with E-state index in [0.29, 0.717) is 0 Å². The van der Waals surface area contributed by atoms with Crippen LogP contribution in [-0.2, 0) is 10.8 Å². The number of anilines is 3. The summed E-state index contributed by atoms with van der Waals surface area (Å²) < 4.78 is 0. The van der Waals surface area contributed by atoms with Gasteiger partial charge in [0.25, 0.3) is 0 Å². The van der Waals surface area contributed by atoms with Gasteiger partial charge in [0.2, 0.25) is 0 Å². The van der Waals surface area contributed by atoms with E-state index in [2.05, 4.69) is 232 Å². The van der Waals surface area contributed by atoms with Crippen LogP contribution in [0.15, 0.2) is 206 Å². The van der Waals surface area contributed by atoms with Crippen LogP contribution in [0.3, 0.4) is 0 Å². The summed E-state index contributed by atoms with van der Waals surface area (Å²) in [5.74, 6) is 0. The molecule has 276 valence electrons. The molecule has 2 aliphatic rings. The van der Waals surface area contributed by atoms with Crippen LogP contribution >= 0.6 is 0 Å². The Morgan fingerprint density at radius 2 is 1.02 bits per heavy atom. The molecule has 9 aromatic rings. The Labute approximate surface area is 341 Å². The second-order valence-corrected chi connectivity index (χ2v) is 16.6. The summed E-state index contributed by atoms with van der Waals surface area (Å²) in [7, 11) is 0. The molecule has 0 aromatic heterocycles. The highest BCUT2D eigenvalue weighted by molar-refractivity contribution is 6.04. The standard InChI is InChI=1S/C57H43N/c1-56(2)49-34-30-40-22-13-14-25-44(40)54(49)46-33-32-43(37-51(46)56)58(52-35-31-41(38-18-7-4-8-19-38)36-47(52)39-20-9-5-10-21-39)53-29-17-28-50-55(53)45-26-15-16-27-48(45)57(50,3)42-23-11-6-12-24-42/h4-37H,1-3H3. The minimum atomic E-state index is -0.323. The lowest BCUT2D eigenvalue weighted by Gasteiger charge is -2.32. The maximum absolute atomic E-state index is 2.56. The maximum Gasteiger partial charge on any atom is 0.0543 e. The van der Waals surface area contributed by atoms with Gasteiger partial charge in [-0.25, -0.2) is 0 Å². The van der Waals surface area contributed by atoms with E-state index in [1.165, 1.54) is 88.8 Å². The van der Waals surface area contributed by atoms with Gasteiger partial charge in [0.1, 0.15) is 0 Å². The van der Waals surface area contributed by atoms with Gasteiger partial charge in [0.15, 0.2) is 0 Å². The Morgan fingerprint density at radius 1 is 0.362 bits per heavy atom. The monoisotopic (exact) mass is 741 g/mol. The Hall–Kier alpha value is -6.96. The summed E-state index contributed by atoms with van der Waals surface area (Å²) in [5.41, 5.74) is 19.7. The lowest BCUT2D eigenvalue weighted by molar-refractivity contribution is 0.661. The van der Waals surface area contributed by atoms with Crippen LogP contribution in [0, 0.1) is 0 Å². The van der Waals surface area contributed by atoms with E-state index in [4.69, 9.17) is 0 Å². The van der Waals surface area contributed by atoms with Crippen LogP contribution in [0.25, 0.3) is 55.3 Å². The van der Waals surface area contributed by atoms with Crippen molar-refractivity contribution in [3.05, 3.63) is 234 Å². The highest BCUT2D eigenvalue weighted by atomic mass is 15.1. The van der Waals surface area contributed by atoms with Crippen LogP contribution in [-0.4, -0.2) is 0 Å². The normalized spacial score (nSPS) is 15.7. The molecule has 0 aliphatic heterocycles. The topological polar surface area (TPSA) is 3.24 Å². The first kappa shape index (κ1) is 34.3. The van der Waals surface area contributed by atoms with E-state index in [-0.39, 0.29) is 10.8 Å². The molecule has 1 nitrogen and oxygen atoms in total. The van der Waals surface area contributed by atoms with Crippen molar-refractivity contribution in [2.45, 2.75) is 31.6 Å². The Bertz CT molecular complexity index is 3030. The van der Waals surface area contributed by atoms with E-state index in [0.717, 1.165) is 11.4 Å². The molecule has 11 rings (SSSR count). The van der Waals surface area contributed by atoms with Crippen molar-refractivity contribution in [2.24, 2.45) is 0 Å². The molecule has 0 fully saturated rings. The smallest absolute Gasteiger partial charge is 0.0543 e. The quantitative estimate of drug-likeness (QED) is 0.164. The predicted molar refractivity (Wildman–Crippen MR) is 245 cm³/mol. The molecule has 0 amide bonds. The minimum absolute atomic E-state index is 0.188. The fourth-order valence-electron chi connectivity index (χ4n) is 10.2. The van der Waals surface area contributed by atoms with E-state index in [1.807, 2.05) is 0 Å². The largest absolute Gasteiger partial charge is 0.309 e. The van der Waals surface area contributed by atoms with Crippen LogP contribution < -0.4 is 4.90 Å². The summed E-state index contributed by atoms with van der Waals surface area (Å²) in [5, 5.41) is 2.60. The van der Waals surface area contributed by atoms with Gasteiger partial charge in [-0.2, -0.15) is 0 Å². The Balaban J connectivity index is 1.21. The molecule has 0 saturated heterocycles. The number of rotatable bonds is 6. The average Bonchev–Trinajstić information content (AvgIpc) is 3.69. The maximum atomic E-state index is 2.56. The molecule has 1 heteroatoms.